The van der Waals surface area contributed by atoms with Crippen LogP contribution in [0, 0.1) is 0 Å². The van der Waals surface area contributed by atoms with Gasteiger partial charge in [-0.25, -0.2) is 0 Å². The first-order chi connectivity index (χ1) is 24.9. The van der Waals surface area contributed by atoms with Gasteiger partial charge < -0.3 is 37.9 Å². The molecule has 0 aliphatic carbocycles. The quantitative estimate of drug-likeness (QED) is 0.114. The topological polar surface area (TPSA) is 99.6 Å². The summed E-state index contributed by atoms with van der Waals surface area (Å²) in [6.45, 7) is 0. The number of aromatic nitrogens is 2. The molecule has 0 N–H and O–H groups in total. The Morgan fingerprint density at radius 3 is 1.12 bits per heavy atom. The van der Waals surface area contributed by atoms with Crippen LogP contribution in [0.4, 0.5) is 0 Å². The number of fused-ring (bicyclic) bond motifs is 2. The standard InChI is InChI=1S/C41H42N2O8/c1-44-34-11-9-24(19-36(34)46-3)17-32-28-22-38(48-5)40(50-7)30(26(28)13-15-42-32)21-31-27-14-16-43-33(29(27)23-39(49-6)41(31)51-8)18-25-10-12-35(45-2)37(20-25)47-4/h9-16,19-20,22-23H,17-18,21H2,1-8H3. The zero-order valence-electron chi connectivity index (χ0n) is 30.2. The highest BCUT2D eigenvalue weighted by atomic mass is 16.5. The number of methoxy groups -OCH3 is 8. The molecule has 10 nitrogen and oxygen atoms in total. The van der Waals surface area contributed by atoms with Crippen LogP contribution in [0.5, 0.6) is 46.0 Å². The normalized spacial score (nSPS) is 11.0. The van der Waals surface area contributed by atoms with Gasteiger partial charge in [-0.2, -0.15) is 0 Å². The Bertz CT molecular complexity index is 2050. The van der Waals surface area contributed by atoms with Gasteiger partial charge in [0.25, 0.3) is 0 Å². The first-order valence-corrected chi connectivity index (χ1v) is 16.4. The van der Waals surface area contributed by atoms with E-state index in [0.717, 1.165) is 55.2 Å². The molecule has 0 radical (unpaired) electrons. The van der Waals surface area contributed by atoms with Gasteiger partial charge in [-0.15, -0.1) is 0 Å². The molecule has 0 atom stereocenters. The van der Waals surface area contributed by atoms with E-state index in [2.05, 4.69) is 0 Å². The first kappa shape index (κ1) is 34.9. The van der Waals surface area contributed by atoms with Crippen molar-refractivity contribution in [1.29, 1.82) is 0 Å². The summed E-state index contributed by atoms with van der Waals surface area (Å²) in [4.78, 5) is 9.65. The van der Waals surface area contributed by atoms with Gasteiger partial charge in [0.15, 0.2) is 46.0 Å². The van der Waals surface area contributed by atoms with Gasteiger partial charge in [0.1, 0.15) is 0 Å². The number of pyridine rings is 2. The molecule has 2 aromatic heterocycles. The van der Waals surface area contributed by atoms with Gasteiger partial charge in [-0.1, -0.05) is 12.1 Å². The third-order valence-corrected chi connectivity index (χ3v) is 9.18. The molecule has 0 spiro atoms. The Kier molecular flexibility index (Phi) is 10.5. The van der Waals surface area contributed by atoms with Crippen LogP contribution in [-0.2, 0) is 19.3 Å². The molecule has 0 aliphatic heterocycles. The summed E-state index contributed by atoms with van der Waals surface area (Å²) >= 11 is 0. The largest absolute Gasteiger partial charge is 0.493 e. The fourth-order valence-electron chi connectivity index (χ4n) is 6.75. The number of hydrogen-bond acceptors (Lipinski definition) is 10. The van der Waals surface area contributed by atoms with E-state index >= 15 is 0 Å². The number of rotatable bonds is 14. The highest BCUT2D eigenvalue weighted by Crippen LogP contribution is 2.45. The van der Waals surface area contributed by atoms with Crippen molar-refractivity contribution in [3.63, 3.8) is 0 Å². The molecule has 0 unspecified atom stereocenters. The third kappa shape index (κ3) is 6.69. The second-order valence-corrected chi connectivity index (χ2v) is 11.8. The highest BCUT2D eigenvalue weighted by Gasteiger charge is 2.24. The van der Waals surface area contributed by atoms with Crippen LogP contribution < -0.4 is 37.9 Å². The second kappa shape index (κ2) is 15.3. The van der Waals surface area contributed by atoms with Crippen LogP contribution in [0.3, 0.4) is 0 Å². The Morgan fingerprint density at radius 2 is 0.765 bits per heavy atom. The maximum Gasteiger partial charge on any atom is 0.164 e. The van der Waals surface area contributed by atoms with Crippen molar-refractivity contribution >= 4 is 21.5 Å². The Hall–Kier alpha value is -5.90. The van der Waals surface area contributed by atoms with Crippen LogP contribution in [0.1, 0.15) is 33.6 Å². The van der Waals surface area contributed by atoms with E-state index in [-0.39, 0.29) is 0 Å². The van der Waals surface area contributed by atoms with Gasteiger partial charge in [-0.05, 0) is 70.4 Å². The summed E-state index contributed by atoms with van der Waals surface area (Å²) < 4.78 is 46.0. The molecular formula is C41H42N2O8. The summed E-state index contributed by atoms with van der Waals surface area (Å²) in [5.74, 6) is 5.12. The molecule has 10 heteroatoms. The lowest BCUT2D eigenvalue weighted by Crippen LogP contribution is -2.05. The van der Waals surface area contributed by atoms with Crippen LogP contribution in [-0.4, -0.2) is 66.8 Å². The molecule has 0 amide bonds. The Balaban J connectivity index is 1.52. The lowest BCUT2D eigenvalue weighted by Gasteiger charge is -2.21. The average Bonchev–Trinajstić information content (AvgIpc) is 3.17. The minimum absolute atomic E-state index is 0.438. The molecule has 2 heterocycles. The molecule has 6 rings (SSSR count). The summed E-state index contributed by atoms with van der Waals surface area (Å²) in [6, 6.07) is 19.8. The number of hydrogen-bond donors (Lipinski definition) is 0. The van der Waals surface area contributed by atoms with Crippen molar-refractivity contribution in [1.82, 2.24) is 9.97 Å². The van der Waals surface area contributed by atoms with E-state index in [9.17, 15) is 0 Å². The zero-order valence-corrected chi connectivity index (χ0v) is 30.2. The molecule has 0 fully saturated rings. The van der Waals surface area contributed by atoms with E-state index in [4.69, 9.17) is 47.9 Å². The van der Waals surface area contributed by atoms with Crippen molar-refractivity contribution in [2.45, 2.75) is 19.3 Å². The minimum Gasteiger partial charge on any atom is -0.493 e. The summed E-state index contributed by atoms with van der Waals surface area (Å²) in [5, 5.41) is 3.86. The van der Waals surface area contributed by atoms with Crippen LogP contribution >= 0.6 is 0 Å². The molecular weight excluding hydrogens is 648 g/mol. The molecule has 264 valence electrons. The maximum absolute atomic E-state index is 6.06. The monoisotopic (exact) mass is 690 g/mol. The number of benzene rings is 4. The molecule has 0 saturated heterocycles. The predicted octanol–water partition coefficient (Wildman–Crippen LogP) is 7.62. The van der Waals surface area contributed by atoms with E-state index < -0.39 is 0 Å². The molecule has 0 bridgehead atoms. The lowest BCUT2D eigenvalue weighted by atomic mass is 9.91. The third-order valence-electron chi connectivity index (χ3n) is 9.18. The summed E-state index contributed by atoms with van der Waals surface area (Å²) in [6.07, 6.45) is 5.22. The van der Waals surface area contributed by atoms with Crippen LogP contribution in [0.25, 0.3) is 21.5 Å². The van der Waals surface area contributed by atoms with Crippen LogP contribution in [0.2, 0.25) is 0 Å². The molecule has 4 aromatic carbocycles. The zero-order chi connectivity index (χ0) is 36.1. The van der Waals surface area contributed by atoms with Gasteiger partial charge >= 0.3 is 0 Å². The van der Waals surface area contributed by atoms with Crippen molar-refractivity contribution in [3.8, 4) is 46.0 Å². The first-order valence-electron chi connectivity index (χ1n) is 16.4. The van der Waals surface area contributed by atoms with E-state index in [0.29, 0.717) is 65.3 Å². The molecule has 51 heavy (non-hydrogen) atoms. The van der Waals surface area contributed by atoms with Gasteiger partial charge in [0.2, 0.25) is 0 Å². The van der Waals surface area contributed by atoms with Gasteiger partial charge in [0.05, 0.1) is 68.3 Å². The Labute approximate surface area is 297 Å². The highest BCUT2D eigenvalue weighted by molar-refractivity contribution is 5.95. The van der Waals surface area contributed by atoms with Crippen molar-refractivity contribution in [2.24, 2.45) is 0 Å². The minimum atomic E-state index is 0.438. The predicted molar refractivity (Wildman–Crippen MR) is 197 cm³/mol. The van der Waals surface area contributed by atoms with Crippen LogP contribution in [0.15, 0.2) is 73.1 Å². The van der Waals surface area contributed by atoms with Crippen molar-refractivity contribution < 1.29 is 37.9 Å². The average molecular weight is 691 g/mol. The second-order valence-electron chi connectivity index (χ2n) is 11.8. The maximum atomic E-state index is 6.06. The van der Waals surface area contributed by atoms with Gasteiger partial charge in [0, 0.05) is 53.6 Å². The summed E-state index contributed by atoms with van der Waals surface area (Å²) in [7, 11) is 13.1. The fraction of sp³-hybridized carbons (Fsp3) is 0.268. The lowest BCUT2D eigenvalue weighted by molar-refractivity contribution is 0.350. The summed E-state index contributed by atoms with van der Waals surface area (Å²) in [5.41, 5.74) is 5.66. The number of ether oxygens (including phenoxy) is 8. The van der Waals surface area contributed by atoms with E-state index in [1.54, 1.807) is 56.9 Å². The van der Waals surface area contributed by atoms with Crippen molar-refractivity contribution in [3.05, 3.63) is 107 Å². The van der Waals surface area contributed by atoms with E-state index in [1.165, 1.54) is 0 Å². The van der Waals surface area contributed by atoms with Crippen molar-refractivity contribution in [2.75, 3.05) is 56.9 Å². The Morgan fingerprint density at radius 1 is 0.373 bits per heavy atom. The molecule has 6 aromatic rings. The van der Waals surface area contributed by atoms with Gasteiger partial charge in [-0.3, -0.25) is 9.97 Å². The van der Waals surface area contributed by atoms with E-state index in [1.807, 2.05) is 73.1 Å². The molecule has 0 saturated carbocycles. The fourth-order valence-corrected chi connectivity index (χ4v) is 6.75. The number of nitrogens with zero attached hydrogens (tertiary/aromatic N) is 2. The molecule has 0 aliphatic rings. The smallest absolute Gasteiger partial charge is 0.164 e. The SMILES string of the molecule is COc1ccc(Cc2nccc3c(Cc4c(OC)c(OC)cc5c(Cc6ccc(OC)c(OC)c6)nccc45)c(OC)c(OC)cc23)cc1OC.